The third-order valence-electron chi connectivity index (χ3n) is 3.23. The van der Waals surface area contributed by atoms with Crippen LogP contribution in [0.1, 0.15) is 39.0 Å². The van der Waals surface area contributed by atoms with Crippen molar-refractivity contribution in [2.24, 2.45) is 0 Å². The smallest absolute Gasteiger partial charge is 0.350 e. The van der Waals surface area contributed by atoms with Crippen LogP contribution in [0, 0.1) is 0 Å². The van der Waals surface area contributed by atoms with Gasteiger partial charge in [0.1, 0.15) is 0 Å². The summed E-state index contributed by atoms with van der Waals surface area (Å²) in [6.45, 7) is 2.52. The summed E-state index contributed by atoms with van der Waals surface area (Å²) in [6, 6.07) is 0.166. The molecule has 6 nitrogen and oxygen atoms in total. The Morgan fingerprint density at radius 2 is 2.17 bits per heavy atom. The van der Waals surface area contributed by atoms with Crippen molar-refractivity contribution in [1.82, 2.24) is 5.32 Å². The quantitative estimate of drug-likeness (QED) is 0.468. The molecule has 0 saturated carbocycles. The minimum atomic E-state index is -2.42. The van der Waals surface area contributed by atoms with Gasteiger partial charge in [0.05, 0.1) is 6.61 Å². The van der Waals surface area contributed by atoms with Crippen molar-refractivity contribution in [2.75, 3.05) is 13.2 Å². The lowest BCUT2D eigenvalue weighted by atomic mass is 9.92. The summed E-state index contributed by atoms with van der Waals surface area (Å²) in [5.74, 6) is -2.62. The molecule has 0 aromatic heterocycles. The molecule has 1 saturated heterocycles. The summed E-state index contributed by atoms with van der Waals surface area (Å²) in [5.41, 5.74) is -2.42. The standard InChI is InChI=1S/C12H21NO5/c1-2-18-11(16)12(17,10(14)15)7-6-9-5-3-4-8-13-9/h9,13,17H,2-8H2,1H3,(H,14,15). The van der Waals surface area contributed by atoms with Gasteiger partial charge >= 0.3 is 11.9 Å². The van der Waals surface area contributed by atoms with E-state index in [0.717, 1.165) is 25.8 Å². The Kier molecular flexibility index (Phi) is 5.55. The van der Waals surface area contributed by atoms with Gasteiger partial charge in [-0.25, -0.2) is 9.59 Å². The lowest BCUT2D eigenvalue weighted by Crippen LogP contribution is -2.49. The van der Waals surface area contributed by atoms with Gasteiger partial charge in [0.2, 0.25) is 0 Å². The summed E-state index contributed by atoms with van der Waals surface area (Å²) >= 11 is 0. The van der Waals surface area contributed by atoms with Crippen molar-refractivity contribution in [2.45, 2.75) is 50.7 Å². The lowest BCUT2D eigenvalue weighted by molar-refractivity contribution is -0.180. The Morgan fingerprint density at radius 3 is 2.67 bits per heavy atom. The van der Waals surface area contributed by atoms with Crippen LogP contribution < -0.4 is 5.32 Å². The number of carbonyl (C=O) groups is 2. The van der Waals surface area contributed by atoms with Gasteiger partial charge in [-0.15, -0.1) is 0 Å². The normalized spacial score (nSPS) is 23.1. The Morgan fingerprint density at radius 1 is 1.44 bits per heavy atom. The number of hydrogen-bond donors (Lipinski definition) is 3. The maximum Gasteiger partial charge on any atom is 0.350 e. The summed E-state index contributed by atoms with van der Waals surface area (Å²) in [5, 5.41) is 22.2. The summed E-state index contributed by atoms with van der Waals surface area (Å²) in [6.07, 6.45) is 3.46. The highest BCUT2D eigenvalue weighted by Crippen LogP contribution is 2.20. The van der Waals surface area contributed by atoms with Crippen LogP contribution in [-0.4, -0.2) is 46.9 Å². The van der Waals surface area contributed by atoms with Crippen molar-refractivity contribution in [3.63, 3.8) is 0 Å². The van der Waals surface area contributed by atoms with Gasteiger partial charge in [-0.2, -0.15) is 0 Å². The van der Waals surface area contributed by atoms with Gasteiger partial charge in [0.15, 0.2) is 0 Å². The number of hydrogen-bond acceptors (Lipinski definition) is 5. The topological polar surface area (TPSA) is 95.9 Å². The van der Waals surface area contributed by atoms with Crippen LogP contribution in [0.5, 0.6) is 0 Å². The summed E-state index contributed by atoms with van der Waals surface area (Å²) in [7, 11) is 0. The first-order valence-electron chi connectivity index (χ1n) is 6.37. The number of nitrogens with one attached hydrogen (secondary N) is 1. The van der Waals surface area contributed by atoms with Crippen LogP contribution in [0.2, 0.25) is 0 Å². The van der Waals surface area contributed by atoms with Crippen LogP contribution in [0.3, 0.4) is 0 Å². The molecule has 2 unspecified atom stereocenters. The van der Waals surface area contributed by atoms with Crippen LogP contribution in [0.15, 0.2) is 0 Å². The molecular weight excluding hydrogens is 238 g/mol. The first kappa shape index (κ1) is 14.9. The number of carbonyl (C=O) groups excluding carboxylic acids is 1. The van der Waals surface area contributed by atoms with E-state index in [4.69, 9.17) is 5.11 Å². The molecule has 0 radical (unpaired) electrons. The number of ether oxygens (including phenoxy) is 1. The maximum atomic E-state index is 11.5. The first-order valence-corrected chi connectivity index (χ1v) is 6.37. The molecule has 1 fully saturated rings. The molecular formula is C12H21NO5. The molecule has 104 valence electrons. The average molecular weight is 259 g/mol. The number of carboxylic acids is 1. The van der Waals surface area contributed by atoms with E-state index in [-0.39, 0.29) is 19.1 Å². The first-order chi connectivity index (χ1) is 8.50. The van der Waals surface area contributed by atoms with Crippen molar-refractivity contribution >= 4 is 11.9 Å². The molecule has 1 aliphatic rings. The van der Waals surface area contributed by atoms with Crippen molar-refractivity contribution in [1.29, 1.82) is 0 Å². The number of aliphatic hydroxyl groups is 1. The van der Waals surface area contributed by atoms with Crippen LogP contribution in [0.25, 0.3) is 0 Å². The highest BCUT2D eigenvalue weighted by Gasteiger charge is 2.45. The number of aliphatic carboxylic acids is 1. The minimum absolute atomic E-state index is 0.0517. The second-order valence-electron chi connectivity index (χ2n) is 4.57. The number of piperidine rings is 1. The average Bonchev–Trinajstić information content (AvgIpc) is 2.37. The van der Waals surface area contributed by atoms with E-state index in [1.165, 1.54) is 0 Å². The highest BCUT2D eigenvalue weighted by molar-refractivity contribution is 6.02. The zero-order valence-corrected chi connectivity index (χ0v) is 10.6. The second kappa shape index (κ2) is 6.70. The predicted molar refractivity (Wildman–Crippen MR) is 64.1 cm³/mol. The van der Waals surface area contributed by atoms with Gasteiger partial charge in [0, 0.05) is 6.04 Å². The zero-order valence-electron chi connectivity index (χ0n) is 10.6. The maximum absolute atomic E-state index is 11.5. The molecule has 0 amide bonds. The van der Waals surface area contributed by atoms with Crippen molar-refractivity contribution < 1.29 is 24.5 Å². The van der Waals surface area contributed by atoms with Crippen molar-refractivity contribution in [3.8, 4) is 0 Å². The largest absolute Gasteiger partial charge is 0.479 e. The SMILES string of the molecule is CCOC(=O)C(O)(CCC1CCCCN1)C(=O)O. The van der Waals surface area contributed by atoms with Crippen LogP contribution in [-0.2, 0) is 14.3 Å². The third-order valence-corrected chi connectivity index (χ3v) is 3.23. The summed E-state index contributed by atoms with van der Waals surface area (Å²) in [4.78, 5) is 22.5. The van der Waals surface area contributed by atoms with Gasteiger partial charge in [0.25, 0.3) is 5.60 Å². The van der Waals surface area contributed by atoms with Gasteiger partial charge in [-0.3, -0.25) is 0 Å². The monoisotopic (exact) mass is 259 g/mol. The fourth-order valence-corrected chi connectivity index (χ4v) is 2.10. The van der Waals surface area contributed by atoms with Crippen LogP contribution in [0.4, 0.5) is 0 Å². The fourth-order valence-electron chi connectivity index (χ4n) is 2.10. The second-order valence-corrected chi connectivity index (χ2v) is 4.57. The Labute approximate surface area is 106 Å². The Balaban J connectivity index is 2.56. The molecule has 0 aromatic rings. The van der Waals surface area contributed by atoms with E-state index in [0.29, 0.717) is 6.42 Å². The van der Waals surface area contributed by atoms with E-state index in [2.05, 4.69) is 10.1 Å². The molecule has 0 aliphatic carbocycles. The molecule has 1 heterocycles. The van der Waals surface area contributed by atoms with E-state index in [1.807, 2.05) is 0 Å². The predicted octanol–water partition coefficient (Wildman–Crippen LogP) is 0.287. The molecule has 2 atom stereocenters. The molecule has 1 aliphatic heterocycles. The van der Waals surface area contributed by atoms with Crippen LogP contribution >= 0.6 is 0 Å². The van der Waals surface area contributed by atoms with E-state index >= 15 is 0 Å². The highest BCUT2D eigenvalue weighted by atomic mass is 16.6. The Hall–Kier alpha value is -1.14. The minimum Gasteiger partial charge on any atom is -0.479 e. The van der Waals surface area contributed by atoms with Crippen molar-refractivity contribution in [3.05, 3.63) is 0 Å². The molecule has 0 bridgehead atoms. The van der Waals surface area contributed by atoms with E-state index < -0.39 is 17.5 Å². The van der Waals surface area contributed by atoms with Gasteiger partial charge in [-0.1, -0.05) is 6.42 Å². The Bertz CT molecular complexity index is 301. The molecule has 0 spiro atoms. The summed E-state index contributed by atoms with van der Waals surface area (Å²) < 4.78 is 4.62. The fraction of sp³-hybridized carbons (Fsp3) is 0.833. The third kappa shape index (κ3) is 3.68. The number of rotatable bonds is 6. The van der Waals surface area contributed by atoms with E-state index in [1.54, 1.807) is 6.92 Å². The number of carboxylic acid groups (broad SMARTS) is 1. The molecule has 1 rings (SSSR count). The molecule has 18 heavy (non-hydrogen) atoms. The van der Waals surface area contributed by atoms with Gasteiger partial charge < -0.3 is 20.3 Å². The molecule has 3 N–H and O–H groups in total. The zero-order chi connectivity index (χ0) is 13.6. The lowest BCUT2D eigenvalue weighted by Gasteiger charge is -2.27. The molecule has 0 aromatic carbocycles. The van der Waals surface area contributed by atoms with Gasteiger partial charge in [-0.05, 0) is 39.2 Å². The number of esters is 1. The van der Waals surface area contributed by atoms with E-state index in [9.17, 15) is 14.7 Å². The molecule has 6 heteroatoms.